The highest BCUT2D eigenvalue weighted by atomic mass is 35.5. The second-order valence-corrected chi connectivity index (χ2v) is 2.96. The zero-order valence-corrected chi connectivity index (χ0v) is 7.52. The molecule has 0 saturated heterocycles. The van der Waals surface area contributed by atoms with Crippen LogP contribution in [0.15, 0.2) is 24.3 Å². The van der Waals surface area contributed by atoms with Crippen LogP contribution in [0.25, 0.3) is 0 Å². The molecule has 0 spiro atoms. The Hall–Kier alpha value is -0.530. The van der Waals surface area contributed by atoms with E-state index in [1.807, 2.05) is 6.92 Å². The van der Waals surface area contributed by atoms with Gasteiger partial charge in [0.2, 0.25) is 0 Å². The van der Waals surface area contributed by atoms with Crippen LogP contribution in [0.5, 0.6) is 0 Å². The zero-order valence-electron chi connectivity index (χ0n) is 6.76. The van der Waals surface area contributed by atoms with Gasteiger partial charge in [-0.1, -0.05) is 29.8 Å². The van der Waals surface area contributed by atoms with Crippen molar-refractivity contribution in [2.24, 2.45) is 0 Å². The summed E-state index contributed by atoms with van der Waals surface area (Å²) in [4.78, 5) is 2.67. The highest BCUT2D eigenvalue weighted by Crippen LogP contribution is 2.12. The van der Waals surface area contributed by atoms with Crippen molar-refractivity contribution in [2.45, 2.75) is 19.9 Å². The number of hydrogen-bond donors (Lipinski definition) is 1. The molecule has 60 valence electrons. The van der Waals surface area contributed by atoms with Gasteiger partial charge >= 0.3 is 0 Å². The molecule has 1 nitrogen and oxygen atoms in total. The average molecular weight is 170 g/mol. The Morgan fingerprint density at radius 1 is 1.27 bits per heavy atom. The lowest BCUT2D eigenvalue weighted by Crippen LogP contribution is -2.05. The van der Waals surface area contributed by atoms with Gasteiger partial charge in [0.05, 0.1) is 0 Å². The molecule has 0 amide bonds. The van der Waals surface area contributed by atoms with Crippen molar-refractivity contribution < 1.29 is 0 Å². The SMILES string of the molecule is Cc1ccc(C(C)NCl)cc1. The Bertz CT molecular complexity index is 218. The highest BCUT2D eigenvalue weighted by Gasteiger charge is 2.00. The van der Waals surface area contributed by atoms with E-state index < -0.39 is 0 Å². The van der Waals surface area contributed by atoms with Crippen LogP contribution in [0.3, 0.4) is 0 Å². The zero-order chi connectivity index (χ0) is 8.27. The molecule has 1 unspecified atom stereocenters. The third kappa shape index (κ3) is 2.21. The van der Waals surface area contributed by atoms with E-state index in [2.05, 4.69) is 36.0 Å². The van der Waals surface area contributed by atoms with E-state index in [-0.39, 0.29) is 6.04 Å². The molecule has 0 radical (unpaired) electrons. The quantitative estimate of drug-likeness (QED) is 0.672. The number of hydrogen-bond acceptors (Lipinski definition) is 1. The topological polar surface area (TPSA) is 12.0 Å². The van der Waals surface area contributed by atoms with Crippen LogP contribution in [0, 0.1) is 6.92 Å². The molecule has 0 aromatic heterocycles. The summed E-state index contributed by atoms with van der Waals surface area (Å²) in [5.41, 5.74) is 2.49. The largest absolute Gasteiger partial charge is 0.226 e. The second-order valence-electron chi connectivity index (χ2n) is 2.74. The van der Waals surface area contributed by atoms with Gasteiger partial charge in [-0.3, -0.25) is 0 Å². The van der Waals surface area contributed by atoms with Crippen LogP contribution in [0.2, 0.25) is 0 Å². The maximum atomic E-state index is 5.48. The van der Waals surface area contributed by atoms with Gasteiger partial charge in [-0.05, 0) is 31.2 Å². The number of aryl methyl sites for hydroxylation is 1. The molecule has 1 aromatic rings. The van der Waals surface area contributed by atoms with Crippen molar-refractivity contribution in [1.29, 1.82) is 0 Å². The molecule has 11 heavy (non-hydrogen) atoms. The van der Waals surface area contributed by atoms with Crippen LogP contribution >= 0.6 is 11.8 Å². The molecular formula is C9H12ClN. The average Bonchev–Trinajstić information content (AvgIpc) is 2.05. The molecule has 0 bridgehead atoms. The first kappa shape index (κ1) is 8.57. The minimum absolute atomic E-state index is 0.220. The molecule has 0 aliphatic heterocycles. The third-order valence-electron chi connectivity index (χ3n) is 1.74. The van der Waals surface area contributed by atoms with Crippen molar-refractivity contribution in [3.05, 3.63) is 35.4 Å². The predicted molar refractivity (Wildman–Crippen MR) is 48.6 cm³/mol. The summed E-state index contributed by atoms with van der Waals surface area (Å²) in [5.74, 6) is 0. The van der Waals surface area contributed by atoms with E-state index in [0.29, 0.717) is 0 Å². The van der Waals surface area contributed by atoms with Crippen molar-refractivity contribution >= 4 is 11.8 Å². The van der Waals surface area contributed by atoms with Crippen LogP contribution in [0.4, 0.5) is 0 Å². The molecule has 1 aromatic carbocycles. The van der Waals surface area contributed by atoms with Crippen LogP contribution < -0.4 is 4.84 Å². The smallest absolute Gasteiger partial charge is 0.0442 e. The summed E-state index contributed by atoms with van der Waals surface area (Å²) in [6.07, 6.45) is 0. The van der Waals surface area contributed by atoms with Crippen LogP contribution in [0.1, 0.15) is 24.1 Å². The van der Waals surface area contributed by atoms with Crippen LogP contribution in [-0.2, 0) is 0 Å². The van der Waals surface area contributed by atoms with Gasteiger partial charge in [-0.15, -0.1) is 0 Å². The fraction of sp³-hybridized carbons (Fsp3) is 0.333. The molecule has 0 aliphatic rings. The Morgan fingerprint density at radius 3 is 2.27 bits per heavy atom. The van der Waals surface area contributed by atoms with Gasteiger partial charge in [0, 0.05) is 6.04 Å². The first-order valence-corrected chi connectivity index (χ1v) is 4.04. The lowest BCUT2D eigenvalue weighted by molar-refractivity contribution is 0.745. The van der Waals surface area contributed by atoms with E-state index >= 15 is 0 Å². The second kappa shape index (κ2) is 3.74. The van der Waals surface area contributed by atoms with Crippen molar-refractivity contribution in [1.82, 2.24) is 4.84 Å². The van der Waals surface area contributed by atoms with Crippen molar-refractivity contribution in [3.8, 4) is 0 Å². The first-order chi connectivity index (χ1) is 5.24. The molecule has 1 N–H and O–H groups in total. The molecule has 0 heterocycles. The van der Waals surface area contributed by atoms with Crippen LogP contribution in [-0.4, -0.2) is 0 Å². The van der Waals surface area contributed by atoms with Gasteiger partial charge in [0.15, 0.2) is 0 Å². The minimum atomic E-state index is 0.220. The van der Waals surface area contributed by atoms with E-state index in [9.17, 15) is 0 Å². The summed E-state index contributed by atoms with van der Waals surface area (Å²) < 4.78 is 0. The van der Waals surface area contributed by atoms with E-state index in [0.717, 1.165) is 0 Å². The maximum absolute atomic E-state index is 5.48. The lowest BCUT2D eigenvalue weighted by atomic mass is 10.1. The van der Waals surface area contributed by atoms with E-state index in [1.165, 1.54) is 11.1 Å². The molecule has 2 heteroatoms. The molecule has 1 rings (SSSR count). The Balaban J connectivity index is 2.81. The number of nitrogens with one attached hydrogen (secondary N) is 1. The Morgan fingerprint density at radius 2 is 1.82 bits per heavy atom. The molecular weight excluding hydrogens is 158 g/mol. The predicted octanol–water partition coefficient (Wildman–Crippen LogP) is 2.80. The molecule has 0 fully saturated rings. The van der Waals surface area contributed by atoms with Gasteiger partial charge < -0.3 is 0 Å². The van der Waals surface area contributed by atoms with Crippen molar-refractivity contribution in [3.63, 3.8) is 0 Å². The Kier molecular flexibility index (Phi) is 2.92. The Labute approximate surface area is 72.5 Å². The fourth-order valence-electron chi connectivity index (χ4n) is 0.918. The van der Waals surface area contributed by atoms with E-state index in [1.54, 1.807) is 0 Å². The minimum Gasteiger partial charge on any atom is -0.226 e. The third-order valence-corrected chi connectivity index (χ3v) is 2.07. The fourth-order valence-corrected chi connectivity index (χ4v) is 1.04. The highest BCUT2D eigenvalue weighted by molar-refractivity contribution is 6.13. The van der Waals surface area contributed by atoms with E-state index in [4.69, 9.17) is 11.8 Å². The normalized spacial score (nSPS) is 13.0. The maximum Gasteiger partial charge on any atom is 0.0442 e. The summed E-state index contributed by atoms with van der Waals surface area (Å²) in [7, 11) is 0. The summed E-state index contributed by atoms with van der Waals surface area (Å²) in [6.45, 7) is 4.10. The molecule has 1 atom stereocenters. The van der Waals surface area contributed by atoms with Gasteiger partial charge in [-0.2, -0.15) is 0 Å². The monoisotopic (exact) mass is 169 g/mol. The van der Waals surface area contributed by atoms with Crippen molar-refractivity contribution in [2.75, 3.05) is 0 Å². The van der Waals surface area contributed by atoms with Gasteiger partial charge in [0.1, 0.15) is 0 Å². The van der Waals surface area contributed by atoms with Gasteiger partial charge in [0.25, 0.3) is 0 Å². The standard InChI is InChI=1S/C9H12ClN/c1-7-3-5-9(6-4-7)8(2)11-10/h3-6,8,11H,1-2H3. The van der Waals surface area contributed by atoms with Gasteiger partial charge in [-0.25, -0.2) is 4.84 Å². The first-order valence-electron chi connectivity index (χ1n) is 3.67. The molecule has 0 saturated carbocycles. The number of rotatable bonds is 2. The number of halogens is 1. The summed E-state index contributed by atoms with van der Waals surface area (Å²) in [6, 6.07) is 8.54. The number of benzene rings is 1. The lowest BCUT2D eigenvalue weighted by Gasteiger charge is -2.07. The molecule has 0 aliphatic carbocycles. The summed E-state index contributed by atoms with van der Waals surface area (Å²) in [5, 5.41) is 0. The summed E-state index contributed by atoms with van der Waals surface area (Å²) >= 11 is 5.48.